The number of hydrogen-bond donors (Lipinski definition) is 4. The van der Waals surface area contributed by atoms with E-state index in [0.717, 1.165) is 22.1 Å². The lowest BCUT2D eigenvalue weighted by atomic mass is 9.81. The molecule has 248 valence electrons. The minimum absolute atomic E-state index is 0.0332. The maximum Gasteiger partial charge on any atom is 0.286 e. The third-order valence-corrected chi connectivity index (χ3v) is 7.89. The van der Waals surface area contributed by atoms with Gasteiger partial charge in [-0.05, 0) is 55.3 Å². The Labute approximate surface area is 273 Å². The molecule has 0 saturated carbocycles. The van der Waals surface area contributed by atoms with Gasteiger partial charge >= 0.3 is 0 Å². The van der Waals surface area contributed by atoms with Crippen LogP contribution >= 0.6 is 0 Å². The molecular formula is C36H41N3O8. The highest BCUT2D eigenvalue weighted by Gasteiger charge is 2.39. The van der Waals surface area contributed by atoms with Crippen LogP contribution in [0.25, 0.3) is 11.0 Å². The monoisotopic (exact) mass is 643 g/mol. The zero-order valence-electron chi connectivity index (χ0n) is 26.4. The molecular weight excluding hydrogens is 602 g/mol. The van der Waals surface area contributed by atoms with Crippen LogP contribution < -0.4 is 16.4 Å². The number of aliphatic hydroxyl groups excluding tert-OH is 1. The van der Waals surface area contributed by atoms with Crippen LogP contribution in [0.15, 0.2) is 95.3 Å². The highest BCUT2D eigenvalue weighted by Crippen LogP contribution is 2.42. The number of aliphatic hydroxyl groups is 1. The Balaban J connectivity index is 1.28. The van der Waals surface area contributed by atoms with Crippen molar-refractivity contribution in [2.24, 2.45) is 5.92 Å². The van der Waals surface area contributed by atoms with Gasteiger partial charge in [0.15, 0.2) is 5.76 Å². The van der Waals surface area contributed by atoms with Gasteiger partial charge in [-0.25, -0.2) is 0 Å². The molecule has 0 fully saturated rings. The Kier molecular flexibility index (Phi) is 12.0. The van der Waals surface area contributed by atoms with Crippen molar-refractivity contribution in [3.63, 3.8) is 0 Å². The van der Waals surface area contributed by atoms with E-state index in [2.05, 4.69) is 10.6 Å². The van der Waals surface area contributed by atoms with E-state index >= 15 is 0 Å². The number of anilines is 2. The number of nitrogen functional groups attached to an aromatic ring is 1. The standard InChI is InChI=1S/C36H41N3O8/c1-2-45-36-27(15-17-43-19-20-44-18-16-40)28(29-23-46-32-10-6-3-7-26(29)32)21-33(47-36)35(42)38-22-24-11-13-25(14-12-24)34(41)39-31-9-5-4-8-30(31)37/h3-14,21,23,27-28,36,40H,2,15-20,22,37H2,1H3,(H,38,42)(H,39,41)/t27-,28+,36-/m0/s1. The van der Waals surface area contributed by atoms with Crippen molar-refractivity contribution in [1.29, 1.82) is 0 Å². The highest BCUT2D eigenvalue weighted by atomic mass is 16.7. The number of hydrogen-bond acceptors (Lipinski definition) is 9. The summed E-state index contributed by atoms with van der Waals surface area (Å²) in [6.45, 7) is 3.93. The van der Waals surface area contributed by atoms with Gasteiger partial charge in [-0.2, -0.15) is 0 Å². The topological polar surface area (TPSA) is 155 Å². The summed E-state index contributed by atoms with van der Waals surface area (Å²) in [7, 11) is 0. The summed E-state index contributed by atoms with van der Waals surface area (Å²) in [5, 5.41) is 15.6. The Morgan fingerprint density at radius 2 is 1.66 bits per heavy atom. The molecule has 5 rings (SSSR count). The van der Waals surface area contributed by atoms with Gasteiger partial charge < -0.3 is 44.8 Å². The van der Waals surface area contributed by atoms with Crippen molar-refractivity contribution in [3.05, 3.63) is 108 Å². The van der Waals surface area contributed by atoms with Gasteiger partial charge in [0.25, 0.3) is 11.8 Å². The molecule has 0 bridgehead atoms. The number of rotatable bonds is 16. The van der Waals surface area contributed by atoms with E-state index in [1.807, 2.05) is 37.3 Å². The predicted octanol–water partition coefficient (Wildman–Crippen LogP) is 4.98. The molecule has 1 aliphatic heterocycles. The van der Waals surface area contributed by atoms with Crippen LogP contribution in [0.4, 0.5) is 11.4 Å². The van der Waals surface area contributed by atoms with Gasteiger partial charge in [-0.15, -0.1) is 0 Å². The van der Waals surface area contributed by atoms with E-state index in [-0.39, 0.29) is 49.2 Å². The maximum absolute atomic E-state index is 13.5. The lowest BCUT2D eigenvalue weighted by Crippen LogP contribution is -2.39. The van der Waals surface area contributed by atoms with Crippen molar-refractivity contribution in [1.82, 2.24) is 5.32 Å². The summed E-state index contributed by atoms with van der Waals surface area (Å²) in [5.74, 6) is -0.936. The van der Waals surface area contributed by atoms with Gasteiger partial charge in [0.05, 0.1) is 44.1 Å². The van der Waals surface area contributed by atoms with E-state index in [1.54, 1.807) is 54.8 Å². The van der Waals surface area contributed by atoms with Crippen molar-refractivity contribution in [2.45, 2.75) is 32.1 Å². The third kappa shape index (κ3) is 8.78. The first-order chi connectivity index (χ1) is 23.0. The number of benzene rings is 3. The SMILES string of the molecule is CCO[C@H]1OC(C(=O)NCc2ccc(C(=O)Nc3ccccc3N)cc2)=C[C@@H](c2coc3ccccc23)[C@@H]1CCOCCOCCO. The molecule has 0 unspecified atom stereocenters. The maximum atomic E-state index is 13.5. The molecule has 3 atom stereocenters. The highest BCUT2D eigenvalue weighted by molar-refractivity contribution is 6.05. The number of para-hydroxylation sites is 3. The molecule has 47 heavy (non-hydrogen) atoms. The molecule has 1 aliphatic rings. The summed E-state index contributed by atoms with van der Waals surface area (Å²) < 4.78 is 29.2. The number of carbonyl (C=O) groups excluding carboxylic acids is 2. The molecule has 4 aromatic rings. The third-order valence-electron chi connectivity index (χ3n) is 7.89. The molecule has 0 radical (unpaired) electrons. The molecule has 1 aromatic heterocycles. The van der Waals surface area contributed by atoms with E-state index in [4.69, 9.17) is 34.2 Å². The summed E-state index contributed by atoms with van der Waals surface area (Å²) in [6, 6.07) is 21.8. The number of amides is 2. The molecule has 11 heteroatoms. The second kappa shape index (κ2) is 16.8. The van der Waals surface area contributed by atoms with Crippen LogP contribution in [-0.2, 0) is 30.3 Å². The van der Waals surface area contributed by atoms with Crippen LogP contribution in [0.5, 0.6) is 0 Å². The number of ether oxygens (including phenoxy) is 4. The first-order valence-corrected chi connectivity index (χ1v) is 15.7. The molecule has 2 amide bonds. The number of nitrogens with one attached hydrogen (secondary N) is 2. The summed E-state index contributed by atoms with van der Waals surface area (Å²) in [5.41, 5.74) is 9.92. The van der Waals surface area contributed by atoms with E-state index in [0.29, 0.717) is 49.8 Å². The first kappa shape index (κ1) is 33.7. The minimum Gasteiger partial charge on any atom is -0.464 e. The van der Waals surface area contributed by atoms with E-state index in [9.17, 15) is 9.59 Å². The zero-order valence-corrected chi connectivity index (χ0v) is 26.4. The van der Waals surface area contributed by atoms with E-state index < -0.39 is 6.29 Å². The molecule has 11 nitrogen and oxygen atoms in total. The molecule has 0 aliphatic carbocycles. The Morgan fingerprint density at radius 3 is 2.43 bits per heavy atom. The smallest absolute Gasteiger partial charge is 0.286 e. The number of allylic oxidation sites excluding steroid dienone is 1. The quantitative estimate of drug-likeness (QED) is 0.0978. The molecule has 0 spiro atoms. The Bertz CT molecular complexity index is 1650. The summed E-state index contributed by atoms with van der Waals surface area (Å²) >= 11 is 0. The van der Waals surface area contributed by atoms with Crippen molar-refractivity contribution in [2.75, 3.05) is 50.7 Å². The van der Waals surface area contributed by atoms with Gasteiger partial charge in [0.2, 0.25) is 6.29 Å². The lowest BCUT2D eigenvalue weighted by Gasteiger charge is -2.36. The molecule has 5 N–H and O–H groups in total. The zero-order chi connectivity index (χ0) is 33.0. The fourth-order valence-corrected chi connectivity index (χ4v) is 5.51. The number of fused-ring (bicyclic) bond motifs is 1. The van der Waals surface area contributed by atoms with Gasteiger partial charge in [0.1, 0.15) is 5.58 Å². The predicted molar refractivity (Wildman–Crippen MR) is 177 cm³/mol. The molecule has 0 saturated heterocycles. The number of nitrogens with two attached hydrogens (primary N) is 1. The van der Waals surface area contributed by atoms with Crippen LogP contribution in [0.1, 0.15) is 40.7 Å². The fourth-order valence-electron chi connectivity index (χ4n) is 5.51. The van der Waals surface area contributed by atoms with Crippen molar-refractivity contribution >= 4 is 34.2 Å². The van der Waals surface area contributed by atoms with Crippen LogP contribution in [0.2, 0.25) is 0 Å². The average Bonchev–Trinajstić information content (AvgIpc) is 3.52. The number of carbonyl (C=O) groups is 2. The summed E-state index contributed by atoms with van der Waals surface area (Å²) in [6.07, 6.45) is 3.46. The Morgan fingerprint density at radius 1 is 0.915 bits per heavy atom. The second-order valence-electron chi connectivity index (χ2n) is 11.0. The first-order valence-electron chi connectivity index (χ1n) is 15.7. The van der Waals surface area contributed by atoms with E-state index in [1.165, 1.54) is 0 Å². The fraction of sp³-hybridized carbons (Fsp3) is 0.333. The normalized spacial score (nSPS) is 17.6. The minimum atomic E-state index is -0.699. The number of furan rings is 1. The van der Waals surface area contributed by atoms with Crippen LogP contribution in [-0.4, -0.2) is 62.9 Å². The molecule has 2 heterocycles. The van der Waals surface area contributed by atoms with Crippen LogP contribution in [0.3, 0.4) is 0 Å². The van der Waals surface area contributed by atoms with Gasteiger partial charge in [-0.3, -0.25) is 9.59 Å². The second-order valence-corrected chi connectivity index (χ2v) is 11.0. The largest absolute Gasteiger partial charge is 0.464 e. The summed E-state index contributed by atoms with van der Waals surface area (Å²) in [4.78, 5) is 26.2. The Hall–Kier alpha value is -4.68. The van der Waals surface area contributed by atoms with Crippen molar-refractivity contribution in [3.8, 4) is 0 Å². The van der Waals surface area contributed by atoms with Gasteiger partial charge in [-0.1, -0.05) is 42.5 Å². The van der Waals surface area contributed by atoms with Gasteiger partial charge in [0, 0.05) is 48.1 Å². The lowest BCUT2D eigenvalue weighted by molar-refractivity contribution is -0.168. The van der Waals surface area contributed by atoms with Crippen LogP contribution in [0, 0.1) is 5.92 Å². The average molecular weight is 644 g/mol. The molecule has 3 aromatic carbocycles. The van der Waals surface area contributed by atoms with Crippen molar-refractivity contribution < 1.29 is 38.1 Å².